The average Bonchev–Trinajstić information content (AvgIpc) is 2.96. The van der Waals surface area contributed by atoms with Crippen molar-refractivity contribution in [1.29, 1.82) is 0 Å². The van der Waals surface area contributed by atoms with Gasteiger partial charge in [-0.15, -0.1) is 0 Å². The Morgan fingerprint density at radius 1 is 1.30 bits per heavy atom. The van der Waals surface area contributed by atoms with Crippen LogP contribution in [0.15, 0.2) is 41.1 Å². The number of hydrogen-bond acceptors (Lipinski definition) is 3. The molecule has 0 atom stereocenters. The fraction of sp³-hybridized carbons (Fsp3) is 0.188. The van der Waals surface area contributed by atoms with Gasteiger partial charge in [0.15, 0.2) is 0 Å². The van der Waals surface area contributed by atoms with E-state index in [1.54, 1.807) is 11.3 Å². The largest absolute Gasteiger partial charge is 0.352 e. The van der Waals surface area contributed by atoms with E-state index in [9.17, 15) is 4.79 Å². The molecule has 0 radical (unpaired) electrons. The molecule has 0 unspecified atom stereocenters. The number of carbonyl (C=O) groups excluding carboxylic acids is 1. The number of thiophene rings is 1. The molecular weight excluding hydrogens is 268 g/mol. The smallest absolute Gasteiger partial charge is 0.224 e. The monoisotopic (exact) mass is 284 g/mol. The molecule has 3 nitrogen and oxygen atoms in total. The third-order valence-electron chi connectivity index (χ3n) is 2.76. The summed E-state index contributed by atoms with van der Waals surface area (Å²) in [4.78, 5) is 11.8. The zero-order chi connectivity index (χ0) is 14.2. The lowest BCUT2D eigenvalue weighted by Gasteiger charge is -2.06. The van der Waals surface area contributed by atoms with Crippen LogP contribution in [0.2, 0.25) is 0 Å². The molecule has 2 rings (SSSR count). The lowest BCUT2D eigenvalue weighted by atomic mass is 10.1. The highest BCUT2D eigenvalue weighted by Gasteiger charge is 2.05. The van der Waals surface area contributed by atoms with Crippen molar-refractivity contribution in [2.75, 3.05) is 6.54 Å². The van der Waals surface area contributed by atoms with Crippen LogP contribution in [0, 0.1) is 11.8 Å². The molecule has 0 aliphatic heterocycles. The summed E-state index contributed by atoms with van der Waals surface area (Å²) in [5.41, 5.74) is 8.34. The molecule has 0 fully saturated rings. The SMILES string of the molecule is NCC#Cc1ccccc1CNC(=O)Cc1ccsc1. The van der Waals surface area contributed by atoms with Crippen molar-refractivity contribution in [3.05, 3.63) is 57.8 Å². The van der Waals surface area contributed by atoms with Crippen molar-refractivity contribution in [1.82, 2.24) is 5.32 Å². The van der Waals surface area contributed by atoms with E-state index in [1.807, 2.05) is 41.1 Å². The fourth-order valence-electron chi connectivity index (χ4n) is 1.78. The number of hydrogen-bond donors (Lipinski definition) is 2. The second kappa shape index (κ2) is 7.49. The van der Waals surface area contributed by atoms with Crippen molar-refractivity contribution in [3.8, 4) is 11.8 Å². The van der Waals surface area contributed by atoms with Gasteiger partial charge in [0.2, 0.25) is 5.91 Å². The van der Waals surface area contributed by atoms with Gasteiger partial charge >= 0.3 is 0 Å². The summed E-state index contributed by atoms with van der Waals surface area (Å²) >= 11 is 1.60. The summed E-state index contributed by atoms with van der Waals surface area (Å²) in [5.74, 6) is 5.87. The summed E-state index contributed by atoms with van der Waals surface area (Å²) in [6.07, 6.45) is 0.417. The molecule has 1 heterocycles. The standard InChI is InChI=1S/C16H16N2OS/c17-8-3-6-14-4-1-2-5-15(14)11-18-16(19)10-13-7-9-20-12-13/h1-2,4-5,7,9,12H,8,10-11,17H2,(H,18,19). The molecule has 1 amide bonds. The Morgan fingerprint density at radius 2 is 2.15 bits per heavy atom. The molecule has 20 heavy (non-hydrogen) atoms. The van der Waals surface area contributed by atoms with E-state index in [0.29, 0.717) is 19.5 Å². The molecular formula is C16H16N2OS. The van der Waals surface area contributed by atoms with Crippen LogP contribution in [0.3, 0.4) is 0 Å². The topological polar surface area (TPSA) is 55.1 Å². The molecule has 3 N–H and O–H groups in total. The summed E-state index contributed by atoms with van der Waals surface area (Å²) in [6.45, 7) is 0.817. The van der Waals surface area contributed by atoms with Crippen LogP contribution in [0.25, 0.3) is 0 Å². The summed E-state index contributed by atoms with van der Waals surface area (Å²) < 4.78 is 0. The first-order valence-corrected chi connectivity index (χ1v) is 7.28. The van der Waals surface area contributed by atoms with E-state index in [2.05, 4.69) is 17.2 Å². The molecule has 102 valence electrons. The van der Waals surface area contributed by atoms with Gasteiger partial charge in [-0.3, -0.25) is 4.79 Å². The van der Waals surface area contributed by atoms with Crippen LogP contribution in [0.5, 0.6) is 0 Å². The second-order valence-electron chi connectivity index (χ2n) is 4.25. The quantitative estimate of drug-likeness (QED) is 0.843. The normalized spacial score (nSPS) is 9.65. The predicted molar refractivity (Wildman–Crippen MR) is 82.2 cm³/mol. The van der Waals surface area contributed by atoms with Gasteiger partial charge in [-0.05, 0) is 34.0 Å². The lowest BCUT2D eigenvalue weighted by Crippen LogP contribution is -2.24. The minimum absolute atomic E-state index is 0.0185. The first kappa shape index (κ1) is 14.3. The van der Waals surface area contributed by atoms with Crippen LogP contribution in [0.4, 0.5) is 0 Å². The maximum atomic E-state index is 11.8. The highest BCUT2D eigenvalue weighted by Crippen LogP contribution is 2.08. The third kappa shape index (κ3) is 4.23. The number of benzene rings is 1. The van der Waals surface area contributed by atoms with Crippen molar-refractivity contribution >= 4 is 17.2 Å². The molecule has 0 saturated carbocycles. The first-order valence-electron chi connectivity index (χ1n) is 6.34. The molecule has 1 aromatic carbocycles. The van der Waals surface area contributed by atoms with Gasteiger partial charge in [-0.2, -0.15) is 11.3 Å². The number of amides is 1. The lowest BCUT2D eigenvalue weighted by molar-refractivity contribution is -0.120. The zero-order valence-corrected chi connectivity index (χ0v) is 11.9. The zero-order valence-electron chi connectivity index (χ0n) is 11.1. The first-order chi connectivity index (χ1) is 9.79. The van der Waals surface area contributed by atoms with E-state index in [4.69, 9.17) is 5.73 Å². The van der Waals surface area contributed by atoms with E-state index in [-0.39, 0.29) is 5.91 Å². The van der Waals surface area contributed by atoms with Gasteiger partial charge in [-0.25, -0.2) is 0 Å². The predicted octanol–water partition coefficient (Wildman–Crippen LogP) is 1.92. The Balaban J connectivity index is 1.95. The minimum Gasteiger partial charge on any atom is -0.352 e. The molecule has 4 heteroatoms. The fourth-order valence-corrected chi connectivity index (χ4v) is 2.45. The number of carbonyl (C=O) groups is 1. The van der Waals surface area contributed by atoms with E-state index >= 15 is 0 Å². The Labute approximate surface area is 122 Å². The van der Waals surface area contributed by atoms with Gasteiger partial charge in [0, 0.05) is 12.1 Å². The van der Waals surface area contributed by atoms with Gasteiger partial charge < -0.3 is 11.1 Å². The minimum atomic E-state index is 0.0185. The third-order valence-corrected chi connectivity index (χ3v) is 3.50. The highest BCUT2D eigenvalue weighted by molar-refractivity contribution is 7.07. The Morgan fingerprint density at radius 3 is 2.90 bits per heavy atom. The number of nitrogens with one attached hydrogen (secondary N) is 1. The molecule has 0 saturated heterocycles. The Bertz CT molecular complexity index is 623. The van der Waals surface area contributed by atoms with Gasteiger partial charge in [0.25, 0.3) is 0 Å². The Kier molecular flexibility index (Phi) is 5.36. The van der Waals surface area contributed by atoms with E-state index in [1.165, 1.54) is 0 Å². The van der Waals surface area contributed by atoms with Crippen molar-refractivity contribution in [2.45, 2.75) is 13.0 Å². The van der Waals surface area contributed by atoms with Crippen molar-refractivity contribution in [3.63, 3.8) is 0 Å². The summed E-state index contributed by atoms with van der Waals surface area (Å²) in [5, 5.41) is 6.88. The van der Waals surface area contributed by atoms with E-state index < -0.39 is 0 Å². The summed E-state index contributed by atoms with van der Waals surface area (Å²) in [6, 6.07) is 9.73. The molecule has 0 bridgehead atoms. The molecule has 0 spiro atoms. The van der Waals surface area contributed by atoms with Crippen molar-refractivity contribution < 1.29 is 4.79 Å². The second-order valence-corrected chi connectivity index (χ2v) is 5.03. The molecule has 0 aliphatic rings. The van der Waals surface area contributed by atoms with Crippen LogP contribution >= 0.6 is 11.3 Å². The van der Waals surface area contributed by atoms with Gasteiger partial charge in [0.05, 0.1) is 13.0 Å². The molecule has 1 aromatic heterocycles. The molecule has 2 aromatic rings. The number of rotatable bonds is 4. The highest BCUT2D eigenvalue weighted by atomic mass is 32.1. The van der Waals surface area contributed by atoms with Gasteiger partial charge in [-0.1, -0.05) is 30.0 Å². The maximum absolute atomic E-state index is 11.8. The van der Waals surface area contributed by atoms with Gasteiger partial charge in [0.1, 0.15) is 0 Å². The van der Waals surface area contributed by atoms with Crippen LogP contribution in [-0.4, -0.2) is 12.5 Å². The molecule has 0 aliphatic carbocycles. The Hall–Kier alpha value is -2.09. The maximum Gasteiger partial charge on any atom is 0.224 e. The van der Waals surface area contributed by atoms with E-state index in [0.717, 1.165) is 16.7 Å². The van der Waals surface area contributed by atoms with Crippen LogP contribution < -0.4 is 11.1 Å². The summed E-state index contributed by atoms with van der Waals surface area (Å²) in [7, 11) is 0. The van der Waals surface area contributed by atoms with Crippen LogP contribution in [0.1, 0.15) is 16.7 Å². The number of nitrogens with two attached hydrogens (primary N) is 1. The van der Waals surface area contributed by atoms with Crippen LogP contribution in [-0.2, 0) is 17.8 Å². The van der Waals surface area contributed by atoms with Crippen molar-refractivity contribution in [2.24, 2.45) is 5.73 Å². The average molecular weight is 284 g/mol.